The number of hydrogen-bond donors (Lipinski definition) is 0. The third kappa shape index (κ3) is 1.93. The van der Waals surface area contributed by atoms with Crippen LogP contribution in [0.25, 0.3) is 11.8 Å². The molecule has 1 heterocycles. The first-order chi connectivity index (χ1) is 9.37. The first kappa shape index (κ1) is 12.7. The number of amides is 2. The summed E-state index contributed by atoms with van der Waals surface area (Å²) in [6.07, 6.45) is 2.75. The molecular weight excluding hydrogens is 254 g/mol. The minimum atomic E-state index is -0.636. The summed E-state index contributed by atoms with van der Waals surface area (Å²) >= 11 is 0. The summed E-state index contributed by atoms with van der Waals surface area (Å²) in [5, 5.41) is 1.89. The van der Waals surface area contributed by atoms with Crippen molar-refractivity contribution in [2.45, 2.75) is 26.4 Å². The second kappa shape index (κ2) is 4.07. The molecule has 0 aromatic heterocycles. The van der Waals surface area contributed by atoms with Gasteiger partial charge in [0.2, 0.25) is 0 Å². The fourth-order valence-corrected chi connectivity index (χ4v) is 2.39. The number of ether oxygens (including phenoxy) is 1. The van der Waals surface area contributed by atoms with Crippen molar-refractivity contribution in [3.8, 4) is 0 Å². The number of benzene rings is 1. The minimum Gasteiger partial charge on any atom is -0.443 e. The molecule has 4 heteroatoms. The number of rotatable bonds is 0. The maximum atomic E-state index is 12.2. The number of carbonyl (C=O) groups excluding carboxylic acids is 2. The van der Waals surface area contributed by atoms with Gasteiger partial charge in [-0.15, -0.1) is 0 Å². The summed E-state index contributed by atoms with van der Waals surface area (Å²) in [7, 11) is 0. The third-order valence-electron chi connectivity index (χ3n) is 3.10. The minimum absolute atomic E-state index is 0.352. The monoisotopic (exact) mass is 269 g/mol. The third-order valence-corrected chi connectivity index (χ3v) is 3.10. The van der Waals surface area contributed by atoms with E-state index < -0.39 is 11.7 Å². The van der Waals surface area contributed by atoms with Gasteiger partial charge >= 0.3 is 6.09 Å². The Balaban J connectivity index is 2.10. The van der Waals surface area contributed by atoms with E-state index in [2.05, 4.69) is 0 Å². The molecule has 2 aliphatic rings. The SMILES string of the molecule is CC(C)(C)OC(=O)N1C(=O)C=C2C=c3ccccc3=C21. The Morgan fingerprint density at radius 2 is 1.85 bits per heavy atom. The van der Waals surface area contributed by atoms with E-state index in [1.54, 1.807) is 20.8 Å². The maximum Gasteiger partial charge on any atom is 0.422 e. The van der Waals surface area contributed by atoms with Crippen molar-refractivity contribution in [1.29, 1.82) is 0 Å². The van der Waals surface area contributed by atoms with Crippen molar-refractivity contribution in [1.82, 2.24) is 4.90 Å². The predicted octanol–water partition coefficient (Wildman–Crippen LogP) is 1.29. The molecule has 0 bridgehead atoms. The van der Waals surface area contributed by atoms with Crippen LogP contribution in [0.4, 0.5) is 4.79 Å². The van der Waals surface area contributed by atoms with Crippen molar-refractivity contribution in [3.05, 3.63) is 46.4 Å². The Bertz CT molecular complexity index is 766. The highest BCUT2D eigenvalue weighted by Gasteiger charge is 2.36. The molecule has 1 aliphatic heterocycles. The van der Waals surface area contributed by atoms with Gasteiger partial charge in [-0.1, -0.05) is 24.3 Å². The second-order valence-electron chi connectivity index (χ2n) is 5.83. The van der Waals surface area contributed by atoms with Gasteiger partial charge < -0.3 is 4.74 Å². The van der Waals surface area contributed by atoms with Gasteiger partial charge in [0.1, 0.15) is 5.60 Å². The van der Waals surface area contributed by atoms with Gasteiger partial charge in [-0.2, -0.15) is 0 Å². The van der Waals surface area contributed by atoms with E-state index >= 15 is 0 Å². The molecule has 0 atom stereocenters. The topological polar surface area (TPSA) is 46.6 Å². The largest absolute Gasteiger partial charge is 0.443 e. The molecule has 20 heavy (non-hydrogen) atoms. The van der Waals surface area contributed by atoms with Crippen LogP contribution in [-0.4, -0.2) is 22.5 Å². The quantitative estimate of drug-likeness (QED) is 0.713. The number of imide groups is 1. The zero-order chi connectivity index (χ0) is 14.5. The number of hydrogen-bond acceptors (Lipinski definition) is 3. The van der Waals surface area contributed by atoms with Crippen molar-refractivity contribution in [3.63, 3.8) is 0 Å². The van der Waals surface area contributed by atoms with Gasteiger partial charge in [-0.25, -0.2) is 9.69 Å². The zero-order valence-electron chi connectivity index (χ0n) is 11.6. The van der Waals surface area contributed by atoms with Crippen molar-refractivity contribution >= 4 is 23.8 Å². The van der Waals surface area contributed by atoms with Gasteiger partial charge in [-0.05, 0) is 32.1 Å². The lowest BCUT2D eigenvalue weighted by atomic mass is 10.2. The van der Waals surface area contributed by atoms with E-state index in [9.17, 15) is 9.59 Å². The summed E-state index contributed by atoms with van der Waals surface area (Å²) in [5.74, 6) is -0.352. The second-order valence-corrected chi connectivity index (χ2v) is 5.83. The standard InChI is InChI=1S/C16H15NO3/c1-16(2,3)20-15(19)17-13(18)9-11-8-10-6-4-5-7-12(10)14(11)17/h4-9H,1-3H3. The molecule has 0 saturated carbocycles. The van der Waals surface area contributed by atoms with Crippen molar-refractivity contribution in [2.24, 2.45) is 0 Å². The summed E-state index contributed by atoms with van der Waals surface area (Å²) in [4.78, 5) is 25.4. The first-order valence-corrected chi connectivity index (χ1v) is 6.47. The average Bonchev–Trinajstić information content (AvgIpc) is 2.80. The average molecular weight is 269 g/mol. The molecule has 1 aromatic rings. The van der Waals surface area contributed by atoms with Gasteiger partial charge in [-0.3, -0.25) is 4.79 Å². The Hall–Kier alpha value is -2.36. The summed E-state index contributed by atoms with van der Waals surface area (Å²) in [5.41, 5.74) is 0.754. The fourth-order valence-electron chi connectivity index (χ4n) is 2.39. The van der Waals surface area contributed by atoms with Gasteiger partial charge in [0.05, 0.1) is 5.70 Å². The lowest BCUT2D eigenvalue weighted by Gasteiger charge is -2.24. The molecule has 102 valence electrons. The molecule has 4 nitrogen and oxygen atoms in total. The highest BCUT2D eigenvalue weighted by atomic mass is 16.6. The van der Waals surface area contributed by atoms with Gasteiger partial charge in [0.25, 0.3) is 5.91 Å². The predicted molar refractivity (Wildman–Crippen MR) is 74.7 cm³/mol. The van der Waals surface area contributed by atoms with E-state index in [1.165, 1.54) is 6.08 Å². The van der Waals surface area contributed by atoms with Crippen LogP contribution in [0.5, 0.6) is 0 Å². The highest BCUT2D eigenvalue weighted by Crippen LogP contribution is 2.28. The molecule has 2 amide bonds. The molecule has 0 spiro atoms. The van der Waals surface area contributed by atoms with Crippen LogP contribution in [0.2, 0.25) is 0 Å². The molecule has 0 saturated heterocycles. The Morgan fingerprint density at radius 1 is 1.15 bits per heavy atom. The van der Waals surface area contributed by atoms with E-state index in [-0.39, 0.29) is 5.91 Å². The van der Waals surface area contributed by atoms with E-state index in [0.717, 1.165) is 20.9 Å². The fraction of sp³-hybridized carbons (Fsp3) is 0.250. The van der Waals surface area contributed by atoms with E-state index in [4.69, 9.17) is 4.74 Å². The van der Waals surface area contributed by atoms with Crippen molar-refractivity contribution in [2.75, 3.05) is 0 Å². The Morgan fingerprint density at radius 3 is 2.55 bits per heavy atom. The summed E-state index contributed by atoms with van der Waals surface area (Å²) in [6.45, 7) is 5.33. The van der Waals surface area contributed by atoms with Crippen LogP contribution in [0.3, 0.4) is 0 Å². The number of fused-ring (bicyclic) bond motifs is 2. The van der Waals surface area contributed by atoms with Gasteiger partial charge in [0, 0.05) is 16.9 Å². The van der Waals surface area contributed by atoms with Crippen LogP contribution in [0.1, 0.15) is 20.8 Å². The summed E-state index contributed by atoms with van der Waals surface area (Å²) in [6, 6.07) is 7.67. The molecule has 0 fully saturated rings. The first-order valence-electron chi connectivity index (χ1n) is 6.47. The van der Waals surface area contributed by atoms with Crippen LogP contribution in [-0.2, 0) is 9.53 Å². The highest BCUT2D eigenvalue weighted by molar-refractivity contribution is 6.15. The van der Waals surface area contributed by atoms with Gasteiger partial charge in [0.15, 0.2) is 0 Å². The molecular formula is C16H15NO3. The van der Waals surface area contributed by atoms with Crippen LogP contribution >= 0.6 is 0 Å². The van der Waals surface area contributed by atoms with E-state index in [0.29, 0.717) is 5.70 Å². The lowest BCUT2D eigenvalue weighted by Crippen LogP contribution is -2.39. The Labute approximate surface area is 116 Å². The molecule has 0 unspecified atom stereocenters. The van der Waals surface area contributed by atoms with Crippen LogP contribution in [0, 0.1) is 0 Å². The molecule has 0 N–H and O–H groups in total. The lowest BCUT2D eigenvalue weighted by molar-refractivity contribution is -0.121. The normalized spacial score (nSPS) is 16.6. The van der Waals surface area contributed by atoms with Crippen LogP contribution in [0.15, 0.2) is 35.9 Å². The summed E-state index contributed by atoms with van der Waals surface area (Å²) < 4.78 is 5.31. The zero-order valence-corrected chi connectivity index (χ0v) is 11.6. The van der Waals surface area contributed by atoms with Crippen LogP contribution < -0.4 is 10.4 Å². The number of nitrogens with zero attached hydrogens (tertiary/aromatic N) is 1. The Kier molecular flexibility index (Phi) is 2.57. The van der Waals surface area contributed by atoms with E-state index in [1.807, 2.05) is 30.3 Å². The molecule has 1 aromatic carbocycles. The smallest absolute Gasteiger partial charge is 0.422 e. The molecule has 0 radical (unpaired) electrons. The molecule has 3 rings (SSSR count). The number of carbonyl (C=O) groups is 2. The molecule has 1 aliphatic carbocycles. The maximum absolute atomic E-state index is 12.2. The van der Waals surface area contributed by atoms with Crippen molar-refractivity contribution < 1.29 is 14.3 Å².